The van der Waals surface area contributed by atoms with E-state index in [1.54, 1.807) is 6.08 Å². The molecule has 0 heterocycles. The first kappa shape index (κ1) is 17.0. The van der Waals surface area contributed by atoms with E-state index in [1.807, 2.05) is 0 Å². The van der Waals surface area contributed by atoms with E-state index >= 15 is 0 Å². The lowest BCUT2D eigenvalue weighted by Gasteiger charge is -1.85. The molecular formula is C7H14Cl2O2. The van der Waals surface area contributed by atoms with Gasteiger partial charge in [0.2, 0.25) is 0 Å². The molecule has 0 unspecified atom stereocenters. The van der Waals surface area contributed by atoms with Gasteiger partial charge in [-0.2, -0.15) is 0 Å². The average molecular weight is 201 g/mol. The number of rotatable bonds is 4. The first-order valence-electron chi connectivity index (χ1n) is 3.17. The summed E-state index contributed by atoms with van der Waals surface area (Å²) in [4.78, 5) is 9.88. The van der Waals surface area contributed by atoms with Crippen molar-refractivity contribution in [3.05, 3.63) is 12.2 Å². The highest BCUT2D eigenvalue weighted by Gasteiger charge is 1.83. The normalized spacial score (nSPS) is 8.45. The Morgan fingerprint density at radius 1 is 1.45 bits per heavy atom. The van der Waals surface area contributed by atoms with Crippen LogP contribution in [-0.2, 0) is 4.79 Å². The molecule has 1 N–H and O–H groups in total. The zero-order valence-electron chi connectivity index (χ0n) is 6.45. The van der Waals surface area contributed by atoms with Crippen LogP contribution in [0.2, 0.25) is 0 Å². The molecule has 0 aliphatic carbocycles. The predicted octanol–water partition coefficient (Wildman–Crippen LogP) is 2.66. The van der Waals surface area contributed by atoms with Gasteiger partial charge in [0, 0.05) is 6.08 Å². The lowest BCUT2D eigenvalue weighted by Crippen LogP contribution is -1.85. The summed E-state index contributed by atoms with van der Waals surface area (Å²) in [5.74, 6) is -0.855. The Balaban J connectivity index is -0.000000320. The second-order valence-corrected chi connectivity index (χ2v) is 1.88. The van der Waals surface area contributed by atoms with E-state index in [2.05, 4.69) is 6.92 Å². The molecule has 0 aromatic heterocycles. The molecule has 68 valence electrons. The summed E-state index contributed by atoms with van der Waals surface area (Å²) in [7, 11) is 0. The summed E-state index contributed by atoms with van der Waals surface area (Å²) in [5.41, 5.74) is 0. The minimum Gasteiger partial charge on any atom is -0.478 e. The van der Waals surface area contributed by atoms with Crippen LogP contribution >= 0.6 is 24.8 Å². The van der Waals surface area contributed by atoms with Crippen LogP contribution in [0.25, 0.3) is 0 Å². The van der Waals surface area contributed by atoms with Crippen molar-refractivity contribution in [3.63, 3.8) is 0 Å². The fourth-order valence-electron chi connectivity index (χ4n) is 0.506. The summed E-state index contributed by atoms with van der Waals surface area (Å²) < 4.78 is 0. The third-order valence-electron chi connectivity index (χ3n) is 0.985. The van der Waals surface area contributed by atoms with Crippen molar-refractivity contribution in [2.24, 2.45) is 0 Å². The van der Waals surface area contributed by atoms with Crippen LogP contribution < -0.4 is 0 Å². The Labute approximate surface area is 79.5 Å². The van der Waals surface area contributed by atoms with Gasteiger partial charge in [0.1, 0.15) is 0 Å². The number of carboxylic acid groups (broad SMARTS) is 1. The Kier molecular flexibility index (Phi) is 19.3. The van der Waals surface area contributed by atoms with Crippen molar-refractivity contribution >= 4 is 30.8 Å². The predicted molar refractivity (Wildman–Crippen MR) is 50.8 cm³/mol. The van der Waals surface area contributed by atoms with E-state index in [4.69, 9.17) is 5.11 Å². The highest BCUT2D eigenvalue weighted by Crippen LogP contribution is 1.93. The quantitative estimate of drug-likeness (QED) is 0.560. The average Bonchev–Trinajstić information content (AvgIpc) is 1.80. The lowest BCUT2D eigenvalue weighted by molar-refractivity contribution is -0.131. The topological polar surface area (TPSA) is 37.3 Å². The number of allylic oxidation sites excluding steroid dienone is 1. The standard InChI is InChI=1S/C7H12O2.2ClH/c1-2-3-4-5-6-7(8)9;;/h5-6H,2-4H2,1H3,(H,8,9);2*1H. The van der Waals surface area contributed by atoms with Crippen LogP contribution in [0.1, 0.15) is 26.2 Å². The first-order valence-corrected chi connectivity index (χ1v) is 3.17. The summed E-state index contributed by atoms with van der Waals surface area (Å²) in [6.45, 7) is 2.08. The largest absolute Gasteiger partial charge is 0.478 e. The van der Waals surface area contributed by atoms with Gasteiger partial charge in [0.25, 0.3) is 0 Å². The van der Waals surface area contributed by atoms with E-state index in [-0.39, 0.29) is 24.8 Å². The smallest absolute Gasteiger partial charge is 0.327 e. The summed E-state index contributed by atoms with van der Waals surface area (Å²) in [5, 5.41) is 8.13. The van der Waals surface area contributed by atoms with E-state index in [9.17, 15) is 4.79 Å². The maximum atomic E-state index is 9.88. The van der Waals surface area contributed by atoms with Gasteiger partial charge in [0.15, 0.2) is 0 Å². The number of carbonyl (C=O) groups is 1. The van der Waals surface area contributed by atoms with Gasteiger partial charge in [0.05, 0.1) is 0 Å². The fourth-order valence-corrected chi connectivity index (χ4v) is 0.506. The zero-order valence-corrected chi connectivity index (χ0v) is 8.08. The van der Waals surface area contributed by atoms with Crippen molar-refractivity contribution in [1.29, 1.82) is 0 Å². The van der Waals surface area contributed by atoms with Crippen LogP contribution in [0.15, 0.2) is 12.2 Å². The van der Waals surface area contributed by atoms with Gasteiger partial charge < -0.3 is 5.11 Å². The number of hydrogen-bond donors (Lipinski definition) is 1. The SMILES string of the molecule is CCCCC=CC(=O)O.Cl.Cl. The molecule has 0 bridgehead atoms. The van der Waals surface area contributed by atoms with Crippen LogP contribution in [0.4, 0.5) is 0 Å². The van der Waals surface area contributed by atoms with Crippen LogP contribution in [0.5, 0.6) is 0 Å². The molecule has 0 saturated heterocycles. The molecule has 4 heteroatoms. The zero-order chi connectivity index (χ0) is 7.11. The molecule has 0 amide bonds. The number of unbranched alkanes of at least 4 members (excludes halogenated alkanes) is 2. The second kappa shape index (κ2) is 12.5. The minimum absolute atomic E-state index is 0. The van der Waals surface area contributed by atoms with Crippen molar-refractivity contribution < 1.29 is 9.90 Å². The lowest BCUT2D eigenvalue weighted by atomic mass is 10.2. The van der Waals surface area contributed by atoms with Crippen LogP contribution in [-0.4, -0.2) is 11.1 Å². The van der Waals surface area contributed by atoms with Crippen molar-refractivity contribution in [2.45, 2.75) is 26.2 Å². The maximum Gasteiger partial charge on any atom is 0.327 e. The monoisotopic (exact) mass is 200 g/mol. The van der Waals surface area contributed by atoms with Gasteiger partial charge in [-0.1, -0.05) is 25.8 Å². The molecule has 0 rings (SSSR count). The van der Waals surface area contributed by atoms with Gasteiger partial charge in [-0.25, -0.2) is 4.79 Å². The Bertz CT molecular complexity index is 113. The van der Waals surface area contributed by atoms with Crippen molar-refractivity contribution in [2.75, 3.05) is 0 Å². The molecule has 0 aliphatic rings. The van der Waals surface area contributed by atoms with Crippen LogP contribution in [0.3, 0.4) is 0 Å². The van der Waals surface area contributed by atoms with Crippen LogP contribution in [0, 0.1) is 0 Å². The summed E-state index contributed by atoms with van der Waals surface area (Å²) >= 11 is 0. The molecule has 0 aliphatic heterocycles. The van der Waals surface area contributed by atoms with Gasteiger partial charge in [-0.15, -0.1) is 24.8 Å². The Morgan fingerprint density at radius 3 is 2.36 bits per heavy atom. The third kappa shape index (κ3) is 17.7. The van der Waals surface area contributed by atoms with Crippen molar-refractivity contribution in [3.8, 4) is 0 Å². The molecular weight excluding hydrogens is 187 g/mol. The molecule has 0 spiro atoms. The third-order valence-corrected chi connectivity index (χ3v) is 0.985. The van der Waals surface area contributed by atoms with E-state index in [0.717, 1.165) is 19.3 Å². The van der Waals surface area contributed by atoms with E-state index in [1.165, 1.54) is 6.08 Å². The van der Waals surface area contributed by atoms with E-state index < -0.39 is 5.97 Å². The molecule has 0 atom stereocenters. The van der Waals surface area contributed by atoms with E-state index in [0.29, 0.717) is 0 Å². The first-order chi connectivity index (χ1) is 4.27. The maximum absolute atomic E-state index is 9.88. The highest BCUT2D eigenvalue weighted by atomic mass is 35.5. The summed E-state index contributed by atoms with van der Waals surface area (Å²) in [6, 6.07) is 0. The molecule has 0 aromatic carbocycles. The Morgan fingerprint density at radius 2 is 2.00 bits per heavy atom. The minimum atomic E-state index is -0.855. The number of halogens is 2. The number of hydrogen-bond acceptors (Lipinski definition) is 1. The molecule has 2 nitrogen and oxygen atoms in total. The van der Waals surface area contributed by atoms with Crippen molar-refractivity contribution in [1.82, 2.24) is 0 Å². The second-order valence-electron chi connectivity index (χ2n) is 1.88. The molecule has 0 aromatic rings. The Hall–Kier alpha value is -0.210. The molecule has 11 heavy (non-hydrogen) atoms. The number of aliphatic carboxylic acids is 1. The molecule has 0 saturated carbocycles. The highest BCUT2D eigenvalue weighted by molar-refractivity contribution is 5.85. The molecule has 0 fully saturated rings. The van der Waals surface area contributed by atoms with Gasteiger partial charge in [-0.3, -0.25) is 0 Å². The summed E-state index contributed by atoms with van der Waals surface area (Å²) in [6.07, 6.45) is 5.94. The number of carboxylic acids is 1. The fraction of sp³-hybridized carbons (Fsp3) is 0.571. The van der Waals surface area contributed by atoms with Gasteiger partial charge in [-0.05, 0) is 6.42 Å². The molecule has 0 radical (unpaired) electrons. The van der Waals surface area contributed by atoms with Gasteiger partial charge >= 0.3 is 5.97 Å².